The summed E-state index contributed by atoms with van der Waals surface area (Å²) in [6.45, 7) is 5.18. The van der Waals surface area contributed by atoms with E-state index in [0.717, 1.165) is 12.8 Å². The summed E-state index contributed by atoms with van der Waals surface area (Å²) in [5, 5.41) is 4.12. The second-order valence-corrected chi connectivity index (χ2v) is 8.17. The molecular formula is C20H25F2N5O2. The Morgan fingerprint density at radius 1 is 1.24 bits per heavy atom. The highest BCUT2D eigenvalue weighted by Crippen LogP contribution is 2.33. The van der Waals surface area contributed by atoms with E-state index in [-0.39, 0.29) is 30.7 Å². The average Bonchev–Trinajstić information content (AvgIpc) is 3.34. The van der Waals surface area contributed by atoms with Gasteiger partial charge in [-0.2, -0.15) is 4.98 Å². The molecule has 2 aromatic rings. The molecule has 9 heteroatoms. The number of amides is 1. The Kier molecular flexibility index (Phi) is 5.23. The van der Waals surface area contributed by atoms with Crippen molar-refractivity contribution in [3.05, 3.63) is 24.3 Å². The van der Waals surface area contributed by atoms with Gasteiger partial charge in [0.15, 0.2) is 5.82 Å². The molecule has 7 nitrogen and oxygen atoms in total. The number of likely N-dealkylation sites (tertiary alicyclic amines) is 1. The predicted molar refractivity (Wildman–Crippen MR) is 103 cm³/mol. The van der Waals surface area contributed by atoms with Crippen molar-refractivity contribution in [2.45, 2.75) is 45.0 Å². The summed E-state index contributed by atoms with van der Waals surface area (Å²) < 4.78 is 32.4. The number of hydrogen-bond donors (Lipinski definition) is 0. The Hall–Kier alpha value is -2.58. The SMILES string of the molecule is CC(C)C(=O)N1CCC(c2noc(-c3cncc(N4CCC(F)(F)C4)c3)n2)CC1. The van der Waals surface area contributed by atoms with Crippen LogP contribution in [-0.4, -0.2) is 58.0 Å². The predicted octanol–water partition coefficient (Wildman–Crippen LogP) is 3.34. The standard InChI is InChI=1S/C20H25F2N5O2/c1-13(2)19(28)26-6-3-14(4-7-26)17-24-18(29-25-17)15-9-16(11-23-10-15)27-8-5-20(21,22)12-27/h9-11,13-14H,3-8,12H2,1-2H3. The Morgan fingerprint density at radius 2 is 2.00 bits per heavy atom. The van der Waals surface area contributed by atoms with E-state index in [0.29, 0.717) is 42.6 Å². The molecule has 2 aliphatic heterocycles. The molecule has 0 atom stereocenters. The number of anilines is 1. The van der Waals surface area contributed by atoms with Crippen LogP contribution in [0.4, 0.5) is 14.5 Å². The molecule has 0 saturated carbocycles. The van der Waals surface area contributed by atoms with Crippen LogP contribution >= 0.6 is 0 Å². The Labute approximate surface area is 168 Å². The fourth-order valence-corrected chi connectivity index (χ4v) is 3.92. The van der Waals surface area contributed by atoms with Gasteiger partial charge in [0, 0.05) is 44.1 Å². The van der Waals surface area contributed by atoms with Gasteiger partial charge in [-0.3, -0.25) is 9.78 Å². The summed E-state index contributed by atoms with van der Waals surface area (Å²) >= 11 is 0. The Morgan fingerprint density at radius 3 is 2.66 bits per heavy atom. The maximum atomic E-state index is 13.5. The van der Waals surface area contributed by atoms with Gasteiger partial charge in [-0.25, -0.2) is 8.78 Å². The van der Waals surface area contributed by atoms with Crippen molar-refractivity contribution in [1.82, 2.24) is 20.0 Å². The lowest BCUT2D eigenvalue weighted by Gasteiger charge is -2.31. The first-order valence-electron chi connectivity index (χ1n) is 10.0. The molecule has 156 valence electrons. The van der Waals surface area contributed by atoms with E-state index in [1.165, 1.54) is 0 Å². The molecule has 0 N–H and O–H groups in total. The van der Waals surface area contributed by atoms with Crippen LogP contribution in [0.15, 0.2) is 23.0 Å². The van der Waals surface area contributed by atoms with Crippen molar-refractivity contribution in [2.24, 2.45) is 5.92 Å². The van der Waals surface area contributed by atoms with E-state index in [1.54, 1.807) is 23.4 Å². The third-order valence-corrected chi connectivity index (χ3v) is 5.61. The highest BCUT2D eigenvalue weighted by atomic mass is 19.3. The van der Waals surface area contributed by atoms with Crippen molar-refractivity contribution >= 4 is 11.6 Å². The number of aromatic nitrogens is 3. The first-order valence-corrected chi connectivity index (χ1v) is 10.0. The zero-order valence-electron chi connectivity index (χ0n) is 16.6. The molecule has 2 aliphatic rings. The van der Waals surface area contributed by atoms with E-state index >= 15 is 0 Å². The van der Waals surface area contributed by atoms with Crippen LogP contribution < -0.4 is 4.90 Å². The summed E-state index contributed by atoms with van der Waals surface area (Å²) in [4.78, 5) is 24.3. The molecule has 2 aromatic heterocycles. The zero-order valence-corrected chi connectivity index (χ0v) is 16.6. The smallest absolute Gasteiger partial charge is 0.266 e. The summed E-state index contributed by atoms with van der Waals surface area (Å²) in [6, 6.07) is 1.76. The third-order valence-electron chi connectivity index (χ3n) is 5.61. The highest BCUT2D eigenvalue weighted by Gasteiger charge is 2.38. The van der Waals surface area contributed by atoms with Crippen molar-refractivity contribution in [3.63, 3.8) is 0 Å². The molecule has 0 radical (unpaired) electrons. The number of alkyl halides is 2. The van der Waals surface area contributed by atoms with E-state index in [1.807, 2.05) is 18.7 Å². The monoisotopic (exact) mass is 405 g/mol. The van der Waals surface area contributed by atoms with Gasteiger partial charge in [0.25, 0.3) is 11.8 Å². The van der Waals surface area contributed by atoms with Gasteiger partial charge < -0.3 is 14.3 Å². The number of carbonyl (C=O) groups excluding carboxylic acids is 1. The minimum Gasteiger partial charge on any atom is -0.364 e. The average molecular weight is 405 g/mol. The number of hydrogen-bond acceptors (Lipinski definition) is 6. The third kappa shape index (κ3) is 4.23. The molecule has 29 heavy (non-hydrogen) atoms. The van der Waals surface area contributed by atoms with Gasteiger partial charge in [-0.1, -0.05) is 19.0 Å². The van der Waals surface area contributed by atoms with Gasteiger partial charge in [-0.05, 0) is 18.9 Å². The summed E-state index contributed by atoms with van der Waals surface area (Å²) in [7, 11) is 0. The lowest BCUT2D eigenvalue weighted by molar-refractivity contribution is -0.135. The molecule has 4 rings (SSSR count). The molecule has 1 amide bonds. The number of halogens is 2. The lowest BCUT2D eigenvalue weighted by Crippen LogP contribution is -2.40. The number of carbonyl (C=O) groups is 1. The molecule has 0 aliphatic carbocycles. The van der Waals surface area contributed by atoms with Crippen LogP contribution in [0.1, 0.15) is 44.9 Å². The minimum absolute atomic E-state index is 0.00124. The van der Waals surface area contributed by atoms with Crippen molar-refractivity contribution in [1.29, 1.82) is 0 Å². The molecule has 0 aromatic carbocycles. The number of nitrogens with zero attached hydrogens (tertiary/aromatic N) is 5. The highest BCUT2D eigenvalue weighted by molar-refractivity contribution is 5.78. The van der Waals surface area contributed by atoms with Gasteiger partial charge in [0.1, 0.15) is 0 Å². The maximum absolute atomic E-state index is 13.5. The normalized spacial score (nSPS) is 19.9. The van der Waals surface area contributed by atoms with Crippen LogP contribution in [0.5, 0.6) is 0 Å². The Bertz CT molecular complexity index is 877. The lowest BCUT2D eigenvalue weighted by atomic mass is 9.95. The number of piperidine rings is 1. The summed E-state index contributed by atoms with van der Waals surface area (Å²) in [5.74, 6) is -1.40. The largest absolute Gasteiger partial charge is 0.364 e. The van der Waals surface area contributed by atoms with E-state index in [4.69, 9.17) is 4.52 Å². The van der Waals surface area contributed by atoms with Crippen molar-refractivity contribution in [3.8, 4) is 11.5 Å². The van der Waals surface area contributed by atoms with Crippen LogP contribution in [-0.2, 0) is 4.79 Å². The van der Waals surface area contributed by atoms with Crippen molar-refractivity contribution < 1.29 is 18.1 Å². The molecule has 2 fully saturated rings. The molecule has 2 saturated heterocycles. The molecular weight excluding hydrogens is 380 g/mol. The molecule has 4 heterocycles. The van der Waals surface area contributed by atoms with E-state index in [2.05, 4.69) is 15.1 Å². The van der Waals surface area contributed by atoms with Crippen LogP contribution in [0.25, 0.3) is 11.5 Å². The topological polar surface area (TPSA) is 75.4 Å². The molecule has 0 unspecified atom stereocenters. The van der Waals surface area contributed by atoms with Crippen molar-refractivity contribution in [2.75, 3.05) is 31.1 Å². The van der Waals surface area contributed by atoms with E-state index < -0.39 is 5.92 Å². The summed E-state index contributed by atoms with van der Waals surface area (Å²) in [6.07, 6.45) is 4.60. The van der Waals surface area contributed by atoms with Crippen LogP contribution in [0.3, 0.4) is 0 Å². The maximum Gasteiger partial charge on any atom is 0.266 e. The minimum atomic E-state index is -2.67. The van der Waals surface area contributed by atoms with Gasteiger partial charge >= 0.3 is 0 Å². The molecule has 0 bridgehead atoms. The second-order valence-electron chi connectivity index (χ2n) is 8.17. The van der Waals surface area contributed by atoms with Gasteiger partial charge in [-0.15, -0.1) is 0 Å². The fourth-order valence-electron chi connectivity index (χ4n) is 3.92. The zero-order chi connectivity index (χ0) is 20.6. The first kappa shape index (κ1) is 19.7. The van der Waals surface area contributed by atoms with Gasteiger partial charge in [0.05, 0.1) is 24.0 Å². The summed E-state index contributed by atoms with van der Waals surface area (Å²) in [5.41, 5.74) is 1.24. The van der Waals surface area contributed by atoms with E-state index in [9.17, 15) is 13.6 Å². The molecule has 0 spiro atoms. The van der Waals surface area contributed by atoms with Gasteiger partial charge in [0.2, 0.25) is 5.91 Å². The fraction of sp³-hybridized carbons (Fsp3) is 0.600. The number of rotatable bonds is 4. The Balaban J connectivity index is 1.44. The van der Waals surface area contributed by atoms with Crippen LogP contribution in [0.2, 0.25) is 0 Å². The van der Waals surface area contributed by atoms with Crippen LogP contribution in [0, 0.1) is 5.92 Å². The first-order chi connectivity index (χ1) is 13.8. The quantitative estimate of drug-likeness (QED) is 0.777. The number of pyridine rings is 1. The second kappa shape index (κ2) is 7.68.